The lowest BCUT2D eigenvalue weighted by Gasteiger charge is -2.08. The van der Waals surface area contributed by atoms with Crippen molar-refractivity contribution in [2.24, 2.45) is 0 Å². The molecule has 0 amide bonds. The van der Waals surface area contributed by atoms with Crippen LogP contribution in [0.2, 0.25) is 0 Å². The number of benzene rings is 2. The number of unbranched alkanes of at least 4 members (excludes halogenated alkanes) is 7. The normalized spacial score (nSPS) is 10.8. The average Bonchev–Trinajstić information content (AvgIpc) is 2.66. The minimum absolute atomic E-state index is 0.344. The fraction of sp³-hybridized carbons (Fsp3) is 0.500. The molecule has 0 aliphatic rings. The molecule has 0 bridgehead atoms. The van der Waals surface area contributed by atoms with E-state index in [4.69, 9.17) is 4.74 Å². The summed E-state index contributed by atoms with van der Waals surface area (Å²) in [6, 6.07) is 15.9. The average molecular weight is 355 g/mol. The van der Waals surface area contributed by atoms with Gasteiger partial charge in [-0.25, -0.2) is 0 Å². The van der Waals surface area contributed by atoms with Gasteiger partial charge in [-0.2, -0.15) is 0 Å². The highest BCUT2D eigenvalue weighted by Gasteiger charge is 2.01. The topological polar surface area (TPSA) is 29.5 Å². The standard InChI is InChI=1S/C24H34O2/c1-2-3-4-5-6-7-8-9-12-21-15-17-23(18-16-21)26-20-19-22-13-10-11-14-24(22)25/h10-11,13-18,25H,2-9,12,19-20H2,1H3. The first-order valence-corrected chi connectivity index (χ1v) is 10.3. The Morgan fingerprint density at radius 1 is 0.731 bits per heavy atom. The molecule has 2 aromatic rings. The number of hydrogen-bond acceptors (Lipinski definition) is 2. The molecule has 0 aliphatic heterocycles. The lowest BCUT2D eigenvalue weighted by atomic mass is 10.0. The molecule has 2 aromatic carbocycles. The van der Waals surface area contributed by atoms with E-state index in [1.165, 1.54) is 56.9 Å². The molecular weight excluding hydrogens is 320 g/mol. The maximum atomic E-state index is 9.76. The summed E-state index contributed by atoms with van der Waals surface area (Å²) in [5.41, 5.74) is 2.32. The fourth-order valence-corrected chi connectivity index (χ4v) is 3.22. The number of hydrogen-bond donors (Lipinski definition) is 1. The number of aryl methyl sites for hydroxylation is 1. The van der Waals surface area contributed by atoms with Gasteiger partial charge in [0, 0.05) is 6.42 Å². The monoisotopic (exact) mass is 354 g/mol. The second-order valence-electron chi connectivity index (χ2n) is 7.10. The van der Waals surface area contributed by atoms with E-state index in [-0.39, 0.29) is 0 Å². The summed E-state index contributed by atoms with van der Waals surface area (Å²) < 4.78 is 5.80. The maximum Gasteiger partial charge on any atom is 0.119 e. The third-order valence-corrected chi connectivity index (χ3v) is 4.87. The Kier molecular flexibility index (Phi) is 9.71. The molecule has 2 rings (SSSR count). The van der Waals surface area contributed by atoms with Crippen LogP contribution in [-0.2, 0) is 12.8 Å². The summed E-state index contributed by atoms with van der Waals surface area (Å²) >= 11 is 0. The molecule has 0 heterocycles. The molecule has 0 aliphatic carbocycles. The molecule has 0 saturated carbocycles. The smallest absolute Gasteiger partial charge is 0.119 e. The zero-order valence-corrected chi connectivity index (χ0v) is 16.3. The van der Waals surface area contributed by atoms with E-state index < -0.39 is 0 Å². The van der Waals surface area contributed by atoms with E-state index >= 15 is 0 Å². The summed E-state index contributed by atoms with van der Waals surface area (Å²) in [6.45, 7) is 2.85. The first kappa shape index (κ1) is 20.4. The molecule has 2 nitrogen and oxygen atoms in total. The summed E-state index contributed by atoms with van der Waals surface area (Å²) in [4.78, 5) is 0. The summed E-state index contributed by atoms with van der Waals surface area (Å²) in [5, 5.41) is 9.76. The van der Waals surface area contributed by atoms with E-state index in [1.807, 2.05) is 18.2 Å². The highest BCUT2D eigenvalue weighted by atomic mass is 16.5. The van der Waals surface area contributed by atoms with Crippen LogP contribution in [0.25, 0.3) is 0 Å². The number of para-hydroxylation sites is 1. The van der Waals surface area contributed by atoms with Gasteiger partial charge in [0.05, 0.1) is 6.61 Å². The SMILES string of the molecule is CCCCCCCCCCc1ccc(OCCc2ccccc2O)cc1. The van der Waals surface area contributed by atoms with Gasteiger partial charge in [-0.15, -0.1) is 0 Å². The second kappa shape index (κ2) is 12.4. The van der Waals surface area contributed by atoms with E-state index in [9.17, 15) is 5.11 Å². The first-order chi connectivity index (χ1) is 12.8. The van der Waals surface area contributed by atoms with E-state index in [1.54, 1.807) is 6.07 Å². The second-order valence-corrected chi connectivity index (χ2v) is 7.10. The molecule has 2 heteroatoms. The molecule has 0 radical (unpaired) electrons. The zero-order chi connectivity index (χ0) is 18.5. The molecule has 0 aromatic heterocycles. The van der Waals surface area contributed by atoms with Crippen LogP contribution >= 0.6 is 0 Å². The molecule has 1 N–H and O–H groups in total. The van der Waals surface area contributed by atoms with Crippen molar-refractivity contribution in [1.82, 2.24) is 0 Å². The van der Waals surface area contributed by atoms with Crippen LogP contribution in [0.5, 0.6) is 11.5 Å². The predicted octanol–water partition coefficient (Wildman–Crippen LogP) is 6.70. The van der Waals surface area contributed by atoms with Crippen LogP contribution in [0.4, 0.5) is 0 Å². The minimum Gasteiger partial charge on any atom is -0.508 e. The van der Waals surface area contributed by atoms with Crippen molar-refractivity contribution in [3.05, 3.63) is 59.7 Å². The Balaban J connectivity index is 1.58. The highest BCUT2D eigenvalue weighted by Crippen LogP contribution is 2.18. The van der Waals surface area contributed by atoms with Crippen molar-refractivity contribution < 1.29 is 9.84 Å². The van der Waals surface area contributed by atoms with Crippen molar-refractivity contribution in [3.8, 4) is 11.5 Å². The van der Waals surface area contributed by atoms with Crippen LogP contribution in [0, 0.1) is 0 Å². The van der Waals surface area contributed by atoms with Crippen molar-refractivity contribution in [2.45, 2.75) is 71.1 Å². The molecular formula is C24H34O2. The van der Waals surface area contributed by atoms with E-state index in [0.717, 1.165) is 17.7 Å². The molecule has 0 saturated heterocycles. The Hall–Kier alpha value is -1.96. The number of phenolic OH excluding ortho intramolecular Hbond substituents is 1. The van der Waals surface area contributed by atoms with Gasteiger partial charge in [-0.3, -0.25) is 0 Å². The molecule has 142 valence electrons. The van der Waals surface area contributed by atoms with Gasteiger partial charge in [0.25, 0.3) is 0 Å². The van der Waals surface area contributed by atoms with Crippen molar-refractivity contribution in [3.63, 3.8) is 0 Å². The number of phenols is 1. The Bertz CT molecular complexity index is 604. The van der Waals surface area contributed by atoms with Gasteiger partial charge in [-0.1, -0.05) is 82.2 Å². The van der Waals surface area contributed by atoms with Crippen LogP contribution in [0.15, 0.2) is 48.5 Å². The summed E-state index contributed by atoms with van der Waals surface area (Å²) in [7, 11) is 0. The maximum absolute atomic E-state index is 9.76. The van der Waals surface area contributed by atoms with Crippen LogP contribution in [-0.4, -0.2) is 11.7 Å². The minimum atomic E-state index is 0.344. The van der Waals surface area contributed by atoms with Gasteiger partial charge >= 0.3 is 0 Å². The van der Waals surface area contributed by atoms with Crippen molar-refractivity contribution >= 4 is 0 Å². The number of ether oxygens (including phenoxy) is 1. The molecule has 0 atom stereocenters. The van der Waals surface area contributed by atoms with Crippen LogP contribution < -0.4 is 4.74 Å². The van der Waals surface area contributed by atoms with Gasteiger partial charge in [0.15, 0.2) is 0 Å². The quantitative estimate of drug-likeness (QED) is 0.406. The molecule has 26 heavy (non-hydrogen) atoms. The summed E-state index contributed by atoms with van der Waals surface area (Å²) in [6.07, 6.45) is 12.8. The van der Waals surface area contributed by atoms with Crippen molar-refractivity contribution in [1.29, 1.82) is 0 Å². The zero-order valence-electron chi connectivity index (χ0n) is 16.3. The fourth-order valence-electron chi connectivity index (χ4n) is 3.22. The molecule has 0 unspecified atom stereocenters. The Labute approximate surface area is 159 Å². The third-order valence-electron chi connectivity index (χ3n) is 4.87. The van der Waals surface area contributed by atoms with Gasteiger partial charge in [0.2, 0.25) is 0 Å². The lowest BCUT2D eigenvalue weighted by molar-refractivity contribution is 0.319. The first-order valence-electron chi connectivity index (χ1n) is 10.3. The van der Waals surface area contributed by atoms with E-state index in [0.29, 0.717) is 18.8 Å². The predicted molar refractivity (Wildman–Crippen MR) is 110 cm³/mol. The van der Waals surface area contributed by atoms with Gasteiger partial charge < -0.3 is 9.84 Å². The number of rotatable bonds is 13. The third kappa shape index (κ3) is 7.95. The van der Waals surface area contributed by atoms with Crippen molar-refractivity contribution in [2.75, 3.05) is 6.61 Å². The van der Waals surface area contributed by atoms with Crippen LogP contribution in [0.1, 0.15) is 69.4 Å². The number of aromatic hydroxyl groups is 1. The van der Waals surface area contributed by atoms with Gasteiger partial charge in [0.1, 0.15) is 11.5 Å². The summed E-state index contributed by atoms with van der Waals surface area (Å²) in [5.74, 6) is 1.25. The van der Waals surface area contributed by atoms with Crippen LogP contribution in [0.3, 0.4) is 0 Å². The van der Waals surface area contributed by atoms with E-state index in [2.05, 4.69) is 31.2 Å². The molecule has 0 fully saturated rings. The lowest BCUT2D eigenvalue weighted by Crippen LogP contribution is -2.01. The van der Waals surface area contributed by atoms with Gasteiger partial charge in [-0.05, 0) is 42.2 Å². The largest absolute Gasteiger partial charge is 0.508 e. The Morgan fingerprint density at radius 3 is 2.08 bits per heavy atom. The Morgan fingerprint density at radius 2 is 1.38 bits per heavy atom. The highest BCUT2D eigenvalue weighted by molar-refractivity contribution is 5.32. The molecule has 0 spiro atoms.